The highest BCUT2D eigenvalue weighted by atomic mass is 32.1. The van der Waals surface area contributed by atoms with Gasteiger partial charge in [-0.2, -0.15) is 11.3 Å². The fraction of sp³-hybridized carbons (Fsp3) is 0.643. The highest BCUT2D eigenvalue weighted by Crippen LogP contribution is 2.20. The molecule has 1 unspecified atom stereocenters. The Morgan fingerprint density at radius 3 is 2.78 bits per heavy atom. The molecule has 0 radical (unpaired) electrons. The third-order valence-corrected chi connectivity index (χ3v) is 4.02. The Hall–Kier alpha value is -0.870. The molecule has 0 fully saturated rings. The van der Waals surface area contributed by atoms with Gasteiger partial charge in [-0.3, -0.25) is 4.79 Å². The van der Waals surface area contributed by atoms with E-state index in [1.807, 2.05) is 11.4 Å². The molecule has 1 aromatic heterocycles. The van der Waals surface area contributed by atoms with Crippen molar-refractivity contribution in [1.82, 2.24) is 5.32 Å². The molecule has 0 aliphatic rings. The number of hydrogen-bond acceptors (Lipinski definition) is 3. The predicted molar refractivity (Wildman–Crippen MR) is 77.4 cm³/mol. The maximum absolute atomic E-state index is 11.7. The third kappa shape index (κ3) is 5.65. The molecule has 4 heteroatoms. The van der Waals surface area contributed by atoms with Crippen molar-refractivity contribution in [3.8, 4) is 0 Å². The average Bonchev–Trinajstić information content (AvgIpc) is 2.84. The average molecular weight is 268 g/mol. The monoisotopic (exact) mass is 268 g/mol. The lowest BCUT2D eigenvalue weighted by atomic mass is 9.88. The van der Waals surface area contributed by atoms with E-state index in [0.717, 1.165) is 12.8 Å². The van der Waals surface area contributed by atoms with E-state index in [1.54, 1.807) is 11.3 Å². The minimum Gasteiger partial charge on any atom is -0.352 e. The maximum atomic E-state index is 11.7. The first-order valence-electron chi connectivity index (χ1n) is 6.61. The minimum absolute atomic E-state index is 0.142. The van der Waals surface area contributed by atoms with Gasteiger partial charge in [-0.15, -0.1) is 0 Å². The number of carbonyl (C=O) groups is 1. The van der Waals surface area contributed by atoms with Crippen molar-refractivity contribution in [2.75, 3.05) is 6.54 Å². The van der Waals surface area contributed by atoms with Crippen molar-refractivity contribution in [3.63, 3.8) is 0 Å². The molecule has 3 N–H and O–H groups in total. The lowest BCUT2D eigenvalue weighted by Crippen LogP contribution is -2.24. The van der Waals surface area contributed by atoms with Gasteiger partial charge in [0.15, 0.2) is 0 Å². The van der Waals surface area contributed by atoms with E-state index in [4.69, 9.17) is 5.73 Å². The smallest absolute Gasteiger partial charge is 0.220 e. The van der Waals surface area contributed by atoms with Crippen molar-refractivity contribution in [2.45, 2.75) is 39.7 Å². The summed E-state index contributed by atoms with van der Waals surface area (Å²) in [5.41, 5.74) is 6.77. The predicted octanol–water partition coefficient (Wildman–Crippen LogP) is 2.77. The van der Waals surface area contributed by atoms with E-state index in [0.29, 0.717) is 31.3 Å². The first kappa shape index (κ1) is 15.2. The van der Waals surface area contributed by atoms with Gasteiger partial charge in [-0.25, -0.2) is 0 Å². The van der Waals surface area contributed by atoms with Crippen LogP contribution in [0.2, 0.25) is 0 Å². The molecule has 0 saturated carbocycles. The molecule has 3 nitrogen and oxygen atoms in total. The van der Waals surface area contributed by atoms with Crippen LogP contribution in [0, 0.1) is 11.8 Å². The number of thiophene rings is 1. The van der Waals surface area contributed by atoms with Crippen LogP contribution in [0.4, 0.5) is 0 Å². The van der Waals surface area contributed by atoms with Crippen LogP contribution >= 0.6 is 11.3 Å². The Bertz CT molecular complexity index is 336. The van der Waals surface area contributed by atoms with Crippen molar-refractivity contribution >= 4 is 17.2 Å². The highest BCUT2D eigenvalue weighted by Gasteiger charge is 2.14. The molecule has 0 aliphatic heterocycles. The molecule has 0 bridgehead atoms. The summed E-state index contributed by atoms with van der Waals surface area (Å²) in [7, 11) is 0. The molecule has 0 saturated heterocycles. The third-order valence-electron chi connectivity index (χ3n) is 3.29. The normalized spacial score (nSPS) is 12.7. The second-order valence-electron chi connectivity index (χ2n) is 5.03. The van der Waals surface area contributed by atoms with Crippen LogP contribution < -0.4 is 11.1 Å². The summed E-state index contributed by atoms with van der Waals surface area (Å²) in [4.78, 5) is 11.7. The molecule has 1 atom stereocenters. The lowest BCUT2D eigenvalue weighted by molar-refractivity contribution is -0.121. The summed E-state index contributed by atoms with van der Waals surface area (Å²) in [6.45, 7) is 5.75. The van der Waals surface area contributed by atoms with Gasteiger partial charge in [0.1, 0.15) is 0 Å². The number of carbonyl (C=O) groups excluding carboxylic acids is 1. The molecule has 1 amide bonds. The summed E-state index contributed by atoms with van der Waals surface area (Å²) < 4.78 is 0. The van der Waals surface area contributed by atoms with Crippen LogP contribution in [0.1, 0.15) is 38.7 Å². The first-order valence-corrected chi connectivity index (χ1v) is 7.55. The number of rotatable bonds is 8. The van der Waals surface area contributed by atoms with Crippen LogP contribution in [0.3, 0.4) is 0 Å². The Labute approximate surface area is 114 Å². The SMILES string of the molecule is CC(C)C(CCN)CCC(=O)NCc1ccsc1. The lowest BCUT2D eigenvalue weighted by Gasteiger charge is -2.19. The van der Waals surface area contributed by atoms with E-state index < -0.39 is 0 Å². The minimum atomic E-state index is 0.142. The fourth-order valence-electron chi connectivity index (χ4n) is 2.02. The molecular formula is C14H24N2OS. The van der Waals surface area contributed by atoms with Gasteiger partial charge in [-0.05, 0) is 53.6 Å². The second kappa shape index (κ2) is 8.27. The maximum Gasteiger partial charge on any atom is 0.220 e. The van der Waals surface area contributed by atoms with E-state index >= 15 is 0 Å². The Kier molecular flexibility index (Phi) is 6.98. The second-order valence-corrected chi connectivity index (χ2v) is 5.81. The zero-order valence-electron chi connectivity index (χ0n) is 11.3. The van der Waals surface area contributed by atoms with Gasteiger partial charge in [0, 0.05) is 13.0 Å². The molecule has 0 aromatic carbocycles. The van der Waals surface area contributed by atoms with Crippen LogP contribution in [0.25, 0.3) is 0 Å². The Balaban J connectivity index is 2.23. The van der Waals surface area contributed by atoms with Gasteiger partial charge in [0.25, 0.3) is 0 Å². The molecule has 102 valence electrons. The largest absolute Gasteiger partial charge is 0.352 e. The topological polar surface area (TPSA) is 55.1 Å². The van der Waals surface area contributed by atoms with Gasteiger partial charge in [0.2, 0.25) is 5.91 Å². The fourth-order valence-corrected chi connectivity index (χ4v) is 2.69. The number of nitrogens with two attached hydrogens (primary N) is 1. The Morgan fingerprint density at radius 1 is 1.44 bits per heavy atom. The molecule has 0 aliphatic carbocycles. The van der Waals surface area contributed by atoms with Crippen LogP contribution in [-0.4, -0.2) is 12.5 Å². The number of nitrogens with one attached hydrogen (secondary N) is 1. The van der Waals surface area contributed by atoms with Crippen molar-refractivity contribution in [1.29, 1.82) is 0 Å². The zero-order chi connectivity index (χ0) is 13.4. The van der Waals surface area contributed by atoms with Crippen molar-refractivity contribution in [2.24, 2.45) is 17.6 Å². The van der Waals surface area contributed by atoms with Crippen molar-refractivity contribution in [3.05, 3.63) is 22.4 Å². The van der Waals surface area contributed by atoms with Gasteiger partial charge in [0.05, 0.1) is 0 Å². The van der Waals surface area contributed by atoms with Crippen LogP contribution in [0.5, 0.6) is 0 Å². The number of hydrogen-bond donors (Lipinski definition) is 2. The summed E-state index contributed by atoms with van der Waals surface area (Å²) in [5.74, 6) is 1.30. The molecule has 1 rings (SSSR count). The molecular weight excluding hydrogens is 244 g/mol. The molecule has 1 heterocycles. The first-order chi connectivity index (χ1) is 8.63. The summed E-state index contributed by atoms with van der Waals surface area (Å²) >= 11 is 1.65. The van der Waals surface area contributed by atoms with Crippen LogP contribution in [0.15, 0.2) is 16.8 Å². The summed E-state index contributed by atoms with van der Waals surface area (Å²) in [5, 5.41) is 7.04. The zero-order valence-corrected chi connectivity index (χ0v) is 12.1. The van der Waals surface area contributed by atoms with Gasteiger partial charge < -0.3 is 11.1 Å². The van der Waals surface area contributed by atoms with Gasteiger partial charge in [-0.1, -0.05) is 13.8 Å². The van der Waals surface area contributed by atoms with E-state index in [-0.39, 0.29) is 5.91 Å². The van der Waals surface area contributed by atoms with E-state index in [1.165, 1.54) is 5.56 Å². The molecule has 0 spiro atoms. The van der Waals surface area contributed by atoms with Gasteiger partial charge >= 0.3 is 0 Å². The standard InChI is InChI=1S/C14H24N2OS/c1-11(2)13(5-7-15)3-4-14(17)16-9-12-6-8-18-10-12/h6,8,10-11,13H,3-5,7,9,15H2,1-2H3,(H,16,17). The summed E-state index contributed by atoms with van der Waals surface area (Å²) in [6.07, 6.45) is 2.55. The van der Waals surface area contributed by atoms with Crippen molar-refractivity contribution < 1.29 is 4.79 Å². The quantitative estimate of drug-likeness (QED) is 0.761. The highest BCUT2D eigenvalue weighted by molar-refractivity contribution is 7.07. The number of amides is 1. The summed E-state index contributed by atoms with van der Waals surface area (Å²) in [6, 6.07) is 2.04. The Morgan fingerprint density at radius 2 is 2.22 bits per heavy atom. The molecule has 18 heavy (non-hydrogen) atoms. The van der Waals surface area contributed by atoms with E-state index in [9.17, 15) is 4.79 Å². The van der Waals surface area contributed by atoms with E-state index in [2.05, 4.69) is 24.5 Å². The van der Waals surface area contributed by atoms with Crippen LogP contribution in [-0.2, 0) is 11.3 Å². The molecule has 1 aromatic rings.